The zero-order valence-electron chi connectivity index (χ0n) is 18.4. The first-order valence-corrected chi connectivity index (χ1v) is 11.2. The van der Waals surface area contributed by atoms with E-state index in [0.29, 0.717) is 16.6 Å². The number of hydrogen-bond acceptors (Lipinski definition) is 6. The van der Waals surface area contributed by atoms with E-state index in [1.165, 1.54) is 25.4 Å². The van der Waals surface area contributed by atoms with Gasteiger partial charge in [0, 0.05) is 16.5 Å². The number of hydrazine groups is 1. The molecule has 0 fully saturated rings. The fourth-order valence-corrected chi connectivity index (χ4v) is 4.34. The molecule has 1 heterocycles. The molecule has 7 nitrogen and oxygen atoms in total. The van der Waals surface area contributed by atoms with Crippen molar-refractivity contribution >= 4 is 45.5 Å². The van der Waals surface area contributed by atoms with Crippen molar-refractivity contribution in [1.82, 2.24) is 10.9 Å². The van der Waals surface area contributed by atoms with E-state index in [1.807, 2.05) is 37.3 Å². The molecule has 1 aromatic heterocycles. The van der Waals surface area contributed by atoms with Gasteiger partial charge in [0.15, 0.2) is 22.8 Å². The lowest BCUT2D eigenvalue weighted by molar-refractivity contribution is -0.127. The van der Waals surface area contributed by atoms with E-state index >= 15 is 0 Å². The lowest BCUT2D eigenvalue weighted by Gasteiger charge is -2.17. The van der Waals surface area contributed by atoms with Crippen LogP contribution >= 0.6 is 23.6 Å². The number of rotatable bonds is 6. The van der Waals surface area contributed by atoms with Crippen molar-refractivity contribution in [3.05, 3.63) is 70.6 Å². The summed E-state index contributed by atoms with van der Waals surface area (Å²) >= 11 is 6.54. The van der Waals surface area contributed by atoms with Crippen LogP contribution in [0.2, 0.25) is 0 Å². The van der Waals surface area contributed by atoms with Gasteiger partial charge in [0.2, 0.25) is 0 Å². The minimum absolute atomic E-state index is 0.000438. The molecule has 178 valence electrons. The summed E-state index contributed by atoms with van der Waals surface area (Å²) in [6.07, 6.45) is -1.12. The summed E-state index contributed by atoms with van der Waals surface area (Å²) in [6.45, 7) is 3.26. The zero-order valence-corrected chi connectivity index (χ0v) is 20.0. The lowest BCUT2D eigenvalue weighted by atomic mass is 10.0. The number of hydrogen-bond donors (Lipinski definition) is 3. The predicted molar refractivity (Wildman–Crippen MR) is 130 cm³/mol. The summed E-state index contributed by atoms with van der Waals surface area (Å²) in [5, 5.41) is 3.33. The molecule has 0 saturated carbocycles. The van der Waals surface area contributed by atoms with Gasteiger partial charge in [-0.1, -0.05) is 30.3 Å². The van der Waals surface area contributed by atoms with Gasteiger partial charge < -0.3 is 14.8 Å². The third-order valence-corrected chi connectivity index (χ3v) is 5.85. The summed E-state index contributed by atoms with van der Waals surface area (Å²) < 4.78 is 37.0. The highest BCUT2D eigenvalue weighted by Gasteiger charge is 2.25. The Morgan fingerprint density at radius 3 is 2.44 bits per heavy atom. The van der Waals surface area contributed by atoms with Crippen LogP contribution in [0.3, 0.4) is 0 Å². The molecule has 0 unspecified atom stereocenters. The highest BCUT2D eigenvalue weighted by Crippen LogP contribution is 2.40. The number of carbonyl (C=O) groups excluding carboxylic acids is 2. The van der Waals surface area contributed by atoms with E-state index in [-0.39, 0.29) is 10.9 Å². The van der Waals surface area contributed by atoms with Gasteiger partial charge in [0.25, 0.3) is 5.91 Å². The van der Waals surface area contributed by atoms with Gasteiger partial charge in [-0.15, -0.1) is 11.3 Å². The zero-order chi connectivity index (χ0) is 24.8. The number of halogens is 2. The fraction of sp³-hybridized carbons (Fsp3) is 0.174. The molecule has 0 radical (unpaired) electrons. The Morgan fingerprint density at radius 2 is 1.79 bits per heavy atom. The molecular formula is C23H21F2N3O4S2. The van der Waals surface area contributed by atoms with E-state index in [1.54, 1.807) is 0 Å². The molecule has 11 heteroatoms. The maximum atomic E-state index is 13.7. The smallest absolute Gasteiger partial charge is 0.341 e. The molecule has 0 aliphatic carbocycles. The van der Waals surface area contributed by atoms with E-state index in [4.69, 9.17) is 21.7 Å². The van der Waals surface area contributed by atoms with Crippen LogP contribution in [0.5, 0.6) is 5.75 Å². The normalized spacial score (nSPS) is 11.3. The second-order valence-electron chi connectivity index (χ2n) is 7.00. The van der Waals surface area contributed by atoms with Crippen LogP contribution in [0.4, 0.5) is 13.8 Å². The predicted octanol–water partition coefficient (Wildman–Crippen LogP) is 4.57. The number of esters is 1. The molecule has 3 aromatic rings. The van der Waals surface area contributed by atoms with Gasteiger partial charge in [-0.2, -0.15) is 0 Å². The second kappa shape index (κ2) is 11.0. The van der Waals surface area contributed by atoms with Crippen molar-refractivity contribution in [3.63, 3.8) is 0 Å². The number of amides is 1. The summed E-state index contributed by atoms with van der Waals surface area (Å²) in [6, 6.07) is 12.1. The highest BCUT2D eigenvalue weighted by molar-refractivity contribution is 7.80. The standard InChI is InChI=1S/C23H21F2N3O4S2/c1-12(32-17-10-9-15(24)11-16(17)25)20(29)27-28-23(33)26-21-19(22(30)31-3)18(13(2)34-21)14-7-5-4-6-8-14/h4-12H,1-3H3,(H,27,29)(H2,26,28,33)/t12-/m1/s1. The van der Waals surface area contributed by atoms with E-state index in [9.17, 15) is 18.4 Å². The molecule has 0 saturated heterocycles. The number of thiophene rings is 1. The number of aryl methyl sites for hydroxylation is 1. The monoisotopic (exact) mass is 505 g/mol. The van der Waals surface area contributed by atoms with Crippen LogP contribution in [0.15, 0.2) is 48.5 Å². The topological polar surface area (TPSA) is 88.7 Å². The second-order valence-corrected chi connectivity index (χ2v) is 8.63. The summed E-state index contributed by atoms with van der Waals surface area (Å²) in [7, 11) is 1.29. The molecule has 3 N–H and O–H groups in total. The molecule has 0 aliphatic heterocycles. The van der Waals surface area contributed by atoms with Gasteiger partial charge >= 0.3 is 5.97 Å². The van der Waals surface area contributed by atoms with Crippen molar-refractivity contribution in [2.45, 2.75) is 20.0 Å². The summed E-state index contributed by atoms with van der Waals surface area (Å²) in [4.78, 5) is 25.7. The van der Waals surface area contributed by atoms with Crippen molar-refractivity contribution in [1.29, 1.82) is 0 Å². The number of thiocarbonyl (C=S) groups is 1. The maximum Gasteiger partial charge on any atom is 0.341 e. The van der Waals surface area contributed by atoms with Gasteiger partial charge in [-0.05, 0) is 43.8 Å². The third-order valence-electron chi connectivity index (χ3n) is 4.63. The number of anilines is 1. The molecular weight excluding hydrogens is 484 g/mol. The van der Waals surface area contributed by atoms with Crippen LogP contribution in [0, 0.1) is 18.6 Å². The fourth-order valence-electron chi connectivity index (χ4n) is 3.05. The molecule has 3 rings (SSSR count). The summed E-state index contributed by atoms with van der Waals surface area (Å²) in [5.41, 5.74) is 6.74. The van der Waals surface area contributed by atoms with Crippen LogP contribution in [-0.4, -0.2) is 30.2 Å². The van der Waals surface area contributed by atoms with Crippen LogP contribution < -0.4 is 20.9 Å². The van der Waals surface area contributed by atoms with Gasteiger partial charge in [0.05, 0.1) is 7.11 Å². The first-order valence-electron chi connectivity index (χ1n) is 9.97. The Morgan fingerprint density at radius 1 is 1.09 bits per heavy atom. The van der Waals surface area contributed by atoms with Crippen LogP contribution in [0.1, 0.15) is 22.2 Å². The van der Waals surface area contributed by atoms with Gasteiger partial charge in [-0.3, -0.25) is 15.6 Å². The SMILES string of the molecule is COC(=O)c1c(NC(=S)NNC(=O)[C@@H](C)Oc2ccc(F)cc2F)sc(C)c1-c1ccccc1. The van der Waals surface area contributed by atoms with Gasteiger partial charge in [0.1, 0.15) is 16.4 Å². The highest BCUT2D eigenvalue weighted by atomic mass is 32.1. The van der Waals surface area contributed by atoms with Crippen molar-refractivity contribution in [2.75, 3.05) is 12.4 Å². The van der Waals surface area contributed by atoms with Crippen molar-refractivity contribution in [3.8, 4) is 16.9 Å². The minimum atomic E-state index is -1.12. The number of ether oxygens (including phenoxy) is 2. The summed E-state index contributed by atoms with van der Waals surface area (Å²) in [5.74, 6) is -3.16. The number of benzene rings is 2. The molecule has 1 amide bonds. The molecule has 2 aromatic carbocycles. The molecule has 0 spiro atoms. The molecule has 34 heavy (non-hydrogen) atoms. The van der Waals surface area contributed by atoms with E-state index in [0.717, 1.165) is 28.1 Å². The molecule has 0 bridgehead atoms. The Labute approximate surface area is 204 Å². The first-order chi connectivity index (χ1) is 16.2. The maximum absolute atomic E-state index is 13.7. The number of carbonyl (C=O) groups is 2. The minimum Gasteiger partial charge on any atom is -0.478 e. The van der Waals surface area contributed by atoms with Crippen LogP contribution in [-0.2, 0) is 9.53 Å². The quantitative estimate of drug-likeness (QED) is 0.257. The van der Waals surface area contributed by atoms with Crippen LogP contribution in [0.25, 0.3) is 11.1 Å². The van der Waals surface area contributed by atoms with Gasteiger partial charge in [-0.25, -0.2) is 13.6 Å². The number of methoxy groups -OCH3 is 1. The first kappa shape index (κ1) is 25.1. The van der Waals surface area contributed by atoms with Crippen molar-refractivity contribution < 1.29 is 27.8 Å². The Balaban J connectivity index is 1.67. The van der Waals surface area contributed by atoms with E-state index in [2.05, 4.69) is 16.2 Å². The lowest BCUT2D eigenvalue weighted by Crippen LogP contribution is -2.48. The third kappa shape index (κ3) is 5.86. The van der Waals surface area contributed by atoms with E-state index < -0.39 is 29.6 Å². The number of nitrogens with one attached hydrogen (secondary N) is 3. The van der Waals surface area contributed by atoms with Crippen molar-refractivity contribution in [2.24, 2.45) is 0 Å². The Kier molecular flexibility index (Phi) is 8.13. The largest absolute Gasteiger partial charge is 0.478 e. The Hall–Kier alpha value is -3.57. The average Bonchev–Trinajstić information content (AvgIpc) is 3.14. The molecule has 1 atom stereocenters. The molecule has 0 aliphatic rings. The Bertz CT molecular complexity index is 1220. The average molecular weight is 506 g/mol.